The molecule has 4 heteroatoms. The molecular weight excluding hydrogens is 292 g/mol. The monoisotopic (exact) mass is 320 g/mol. The van der Waals surface area contributed by atoms with Crippen molar-refractivity contribution < 1.29 is 19.1 Å². The highest BCUT2D eigenvalue weighted by molar-refractivity contribution is 6.03. The first-order valence-electron chi connectivity index (χ1n) is 8.49. The Morgan fingerprint density at radius 1 is 0.913 bits per heavy atom. The molecule has 0 saturated heterocycles. The molecule has 0 fully saturated rings. The molecule has 128 valence electrons. The van der Waals surface area contributed by atoms with Crippen molar-refractivity contribution in [3.8, 4) is 0 Å². The van der Waals surface area contributed by atoms with Gasteiger partial charge in [-0.2, -0.15) is 0 Å². The second-order valence-corrected chi connectivity index (χ2v) is 6.09. The lowest BCUT2D eigenvalue weighted by Gasteiger charge is -2.11. The van der Waals surface area contributed by atoms with Crippen LogP contribution in [0.1, 0.15) is 73.6 Å². The van der Waals surface area contributed by atoms with Crippen molar-refractivity contribution in [3.63, 3.8) is 0 Å². The summed E-state index contributed by atoms with van der Waals surface area (Å²) in [4.78, 5) is 24.3. The summed E-state index contributed by atoms with van der Waals surface area (Å²) in [7, 11) is 0. The zero-order valence-corrected chi connectivity index (χ0v) is 14.5. The van der Waals surface area contributed by atoms with Gasteiger partial charge >= 0.3 is 11.9 Å². The number of carbonyl (C=O) groups is 2. The lowest BCUT2D eigenvalue weighted by molar-refractivity contribution is 0.0427. The molecule has 0 aliphatic heterocycles. The summed E-state index contributed by atoms with van der Waals surface area (Å²) in [5.41, 5.74) is 0.541. The van der Waals surface area contributed by atoms with Crippen molar-refractivity contribution in [1.82, 2.24) is 0 Å². The third kappa shape index (κ3) is 7.31. The molecule has 0 N–H and O–H groups in total. The first-order valence-corrected chi connectivity index (χ1v) is 8.49. The number of benzene rings is 1. The van der Waals surface area contributed by atoms with Gasteiger partial charge in [0.25, 0.3) is 0 Å². The van der Waals surface area contributed by atoms with Crippen LogP contribution in [0.15, 0.2) is 24.3 Å². The van der Waals surface area contributed by atoms with Crippen molar-refractivity contribution in [2.24, 2.45) is 5.92 Å². The minimum Gasteiger partial charge on any atom is -0.462 e. The Hall–Kier alpha value is -1.84. The van der Waals surface area contributed by atoms with Gasteiger partial charge in [-0.05, 0) is 24.5 Å². The molecule has 23 heavy (non-hydrogen) atoms. The lowest BCUT2D eigenvalue weighted by Crippen LogP contribution is -2.16. The quantitative estimate of drug-likeness (QED) is 0.466. The fourth-order valence-corrected chi connectivity index (χ4v) is 2.11. The SMILES string of the molecule is CCCCCCCOC(=O)c1ccccc1C(=O)OCC(C)C. The number of carbonyl (C=O) groups excluding carboxylic acids is 2. The van der Waals surface area contributed by atoms with E-state index in [-0.39, 0.29) is 17.0 Å². The van der Waals surface area contributed by atoms with E-state index in [0.29, 0.717) is 13.2 Å². The van der Waals surface area contributed by atoms with Gasteiger partial charge in [-0.25, -0.2) is 9.59 Å². The van der Waals surface area contributed by atoms with E-state index in [2.05, 4.69) is 6.92 Å². The minimum atomic E-state index is -0.478. The number of rotatable bonds is 10. The Balaban J connectivity index is 2.54. The molecule has 0 saturated carbocycles. The van der Waals surface area contributed by atoms with Crippen LogP contribution < -0.4 is 0 Å². The second-order valence-electron chi connectivity index (χ2n) is 6.09. The molecule has 0 radical (unpaired) electrons. The summed E-state index contributed by atoms with van der Waals surface area (Å²) in [5, 5.41) is 0. The normalized spacial score (nSPS) is 10.6. The molecule has 0 aliphatic carbocycles. The molecule has 1 aromatic carbocycles. The fraction of sp³-hybridized carbons (Fsp3) is 0.579. The number of ether oxygens (including phenoxy) is 2. The van der Waals surface area contributed by atoms with Gasteiger partial charge in [0.2, 0.25) is 0 Å². The first kappa shape index (κ1) is 19.2. The molecule has 0 aromatic heterocycles. The Morgan fingerprint density at radius 2 is 1.48 bits per heavy atom. The predicted octanol–water partition coefficient (Wildman–Crippen LogP) is 4.63. The maximum Gasteiger partial charge on any atom is 0.339 e. The molecule has 1 rings (SSSR count). The zero-order valence-electron chi connectivity index (χ0n) is 14.5. The van der Waals surface area contributed by atoms with Gasteiger partial charge in [-0.15, -0.1) is 0 Å². The molecule has 0 spiro atoms. The van der Waals surface area contributed by atoms with Crippen LogP contribution in [0.5, 0.6) is 0 Å². The summed E-state index contributed by atoms with van der Waals surface area (Å²) in [6, 6.07) is 6.64. The minimum absolute atomic E-state index is 0.251. The van der Waals surface area contributed by atoms with Gasteiger partial charge in [0, 0.05) is 0 Å². The van der Waals surface area contributed by atoms with Crippen LogP contribution in [0.4, 0.5) is 0 Å². The van der Waals surface area contributed by atoms with Crippen LogP contribution in [-0.2, 0) is 9.47 Å². The molecule has 0 aliphatic rings. The maximum atomic E-state index is 12.2. The van der Waals surface area contributed by atoms with Gasteiger partial charge in [-0.3, -0.25) is 0 Å². The van der Waals surface area contributed by atoms with Crippen LogP contribution in [0.3, 0.4) is 0 Å². The Bertz CT molecular complexity index is 494. The van der Waals surface area contributed by atoms with Crippen LogP contribution in [-0.4, -0.2) is 25.2 Å². The fourth-order valence-electron chi connectivity index (χ4n) is 2.11. The Kier molecular flexibility index (Phi) is 9.03. The maximum absolute atomic E-state index is 12.2. The molecule has 0 heterocycles. The van der Waals surface area contributed by atoms with Gasteiger partial charge in [0.05, 0.1) is 24.3 Å². The van der Waals surface area contributed by atoms with E-state index < -0.39 is 11.9 Å². The van der Waals surface area contributed by atoms with Gasteiger partial charge < -0.3 is 9.47 Å². The van der Waals surface area contributed by atoms with Crippen molar-refractivity contribution in [1.29, 1.82) is 0 Å². The molecule has 0 atom stereocenters. The van der Waals surface area contributed by atoms with Gasteiger partial charge in [0.15, 0.2) is 0 Å². The first-order chi connectivity index (χ1) is 11.1. The van der Waals surface area contributed by atoms with Gasteiger partial charge in [0.1, 0.15) is 0 Å². The highest BCUT2D eigenvalue weighted by Crippen LogP contribution is 2.13. The zero-order chi connectivity index (χ0) is 17.1. The highest BCUT2D eigenvalue weighted by atomic mass is 16.5. The summed E-state index contributed by atoms with van der Waals surface area (Å²) < 4.78 is 10.5. The van der Waals surface area contributed by atoms with Crippen molar-refractivity contribution >= 4 is 11.9 Å². The largest absolute Gasteiger partial charge is 0.462 e. The molecule has 0 amide bonds. The summed E-state index contributed by atoms with van der Waals surface area (Å²) in [5.74, 6) is -0.687. The van der Waals surface area contributed by atoms with E-state index in [1.807, 2.05) is 13.8 Å². The van der Waals surface area contributed by atoms with E-state index >= 15 is 0 Å². The molecule has 4 nitrogen and oxygen atoms in total. The van der Waals surface area contributed by atoms with Gasteiger partial charge in [-0.1, -0.05) is 58.6 Å². The molecule has 0 unspecified atom stereocenters. The van der Waals surface area contributed by atoms with Crippen LogP contribution in [0, 0.1) is 5.92 Å². The highest BCUT2D eigenvalue weighted by Gasteiger charge is 2.19. The number of unbranched alkanes of at least 4 members (excludes halogenated alkanes) is 4. The number of hydrogen-bond acceptors (Lipinski definition) is 4. The van der Waals surface area contributed by atoms with Crippen LogP contribution in [0.25, 0.3) is 0 Å². The van der Waals surface area contributed by atoms with E-state index in [9.17, 15) is 9.59 Å². The standard InChI is InChI=1S/C19H28O4/c1-4-5-6-7-10-13-22-18(20)16-11-8-9-12-17(16)19(21)23-14-15(2)3/h8-9,11-12,15H,4-7,10,13-14H2,1-3H3. The third-order valence-corrected chi connectivity index (χ3v) is 3.40. The molecule has 0 bridgehead atoms. The van der Waals surface area contributed by atoms with Crippen LogP contribution in [0.2, 0.25) is 0 Å². The predicted molar refractivity (Wildman–Crippen MR) is 90.6 cm³/mol. The van der Waals surface area contributed by atoms with Crippen LogP contribution >= 0.6 is 0 Å². The van der Waals surface area contributed by atoms with E-state index in [1.165, 1.54) is 12.8 Å². The summed E-state index contributed by atoms with van der Waals surface area (Å²) in [6.45, 7) is 6.81. The van der Waals surface area contributed by atoms with E-state index in [1.54, 1.807) is 24.3 Å². The average Bonchev–Trinajstić information content (AvgIpc) is 2.55. The number of hydrogen-bond donors (Lipinski definition) is 0. The second kappa shape index (κ2) is 10.8. The van der Waals surface area contributed by atoms with Crippen molar-refractivity contribution in [3.05, 3.63) is 35.4 Å². The summed E-state index contributed by atoms with van der Waals surface area (Å²) >= 11 is 0. The Labute approximate surface area is 139 Å². The third-order valence-electron chi connectivity index (χ3n) is 3.40. The number of esters is 2. The average molecular weight is 320 g/mol. The topological polar surface area (TPSA) is 52.6 Å². The van der Waals surface area contributed by atoms with E-state index in [0.717, 1.165) is 19.3 Å². The Morgan fingerprint density at radius 3 is 2.04 bits per heavy atom. The van der Waals surface area contributed by atoms with Crippen molar-refractivity contribution in [2.45, 2.75) is 52.9 Å². The molecule has 1 aromatic rings. The molecular formula is C19H28O4. The van der Waals surface area contributed by atoms with E-state index in [4.69, 9.17) is 9.47 Å². The van der Waals surface area contributed by atoms with Crippen molar-refractivity contribution in [2.75, 3.05) is 13.2 Å². The smallest absolute Gasteiger partial charge is 0.339 e. The summed E-state index contributed by atoms with van der Waals surface area (Å²) in [6.07, 6.45) is 5.46. The lowest BCUT2D eigenvalue weighted by atomic mass is 10.1.